The Bertz CT molecular complexity index is 3340. The van der Waals surface area contributed by atoms with Crippen molar-refractivity contribution in [2.24, 2.45) is 0 Å². The molecule has 0 radical (unpaired) electrons. The van der Waals surface area contributed by atoms with Gasteiger partial charge in [0.1, 0.15) is 11.2 Å². The number of fused-ring (bicyclic) bond motifs is 7. The second kappa shape index (κ2) is 13.9. The minimum Gasteiger partial charge on any atom is -0.455 e. The van der Waals surface area contributed by atoms with Gasteiger partial charge >= 0.3 is 0 Å². The minimum absolute atomic E-state index is 0.194. The second-order valence-electron chi connectivity index (χ2n) is 16.5. The number of benzene rings is 8. The van der Waals surface area contributed by atoms with Crippen molar-refractivity contribution in [1.29, 1.82) is 0 Å². The molecular weight excluding hydrogens is 729 g/mol. The van der Waals surface area contributed by atoms with Gasteiger partial charge in [-0.3, -0.25) is 0 Å². The number of para-hydroxylation sites is 4. The van der Waals surface area contributed by atoms with E-state index >= 15 is 0 Å². The molecule has 0 atom stereocenters. The minimum atomic E-state index is -0.194. The monoisotopic (exact) mass is 772 g/mol. The highest BCUT2D eigenvalue weighted by Gasteiger charge is 2.38. The molecule has 288 valence electrons. The van der Waals surface area contributed by atoms with Gasteiger partial charge in [0.2, 0.25) is 0 Å². The van der Waals surface area contributed by atoms with Crippen molar-refractivity contribution in [3.63, 3.8) is 0 Å². The van der Waals surface area contributed by atoms with Gasteiger partial charge in [0, 0.05) is 49.6 Å². The highest BCUT2D eigenvalue weighted by Crippen LogP contribution is 2.53. The number of allylic oxidation sites excluding steroid dienone is 4. The number of rotatable bonds is 7. The molecule has 2 aromatic heterocycles. The summed E-state index contributed by atoms with van der Waals surface area (Å²) in [6, 6.07) is 65.9. The van der Waals surface area contributed by atoms with Crippen molar-refractivity contribution in [2.75, 3.05) is 4.90 Å². The molecule has 3 nitrogen and oxygen atoms in total. The van der Waals surface area contributed by atoms with Crippen molar-refractivity contribution >= 4 is 66.4 Å². The van der Waals surface area contributed by atoms with Crippen molar-refractivity contribution in [3.05, 3.63) is 211 Å². The number of hydrogen-bond donors (Lipinski definition) is 0. The topological polar surface area (TPSA) is 21.3 Å². The highest BCUT2D eigenvalue weighted by molar-refractivity contribution is 6.16. The first-order chi connectivity index (χ1) is 29.4. The van der Waals surface area contributed by atoms with Crippen molar-refractivity contribution in [2.45, 2.75) is 33.1 Å². The Morgan fingerprint density at radius 2 is 1.12 bits per heavy atom. The van der Waals surface area contributed by atoms with Crippen LogP contribution in [0.3, 0.4) is 0 Å². The molecule has 2 heterocycles. The van der Waals surface area contributed by atoms with Crippen LogP contribution < -0.4 is 4.90 Å². The van der Waals surface area contributed by atoms with Gasteiger partial charge in [-0.25, -0.2) is 0 Å². The molecule has 10 aromatic rings. The standard InChI is InChI=1S/C57H44N2O/c1-5-16-49-37(2)43-21-14-27-52(55(43)57(49,3)4)58(42-35-31-39(32-36-42)45-23-13-24-47-46-19-10-12-28-53(46)60-56(45)47)41-33-29-38(30-34-41)44-22-15-26-51-54(44)48-20-9-11-25-50(48)59(51)40-17-7-6-8-18-40/h5-36H,1-4H3/b16-5-. The van der Waals surface area contributed by atoms with Gasteiger partial charge in [-0.15, -0.1) is 0 Å². The van der Waals surface area contributed by atoms with E-state index in [9.17, 15) is 0 Å². The van der Waals surface area contributed by atoms with Crippen LogP contribution >= 0.6 is 0 Å². The summed E-state index contributed by atoms with van der Waals surface area (Å²) in [7, 11) is 0. The van der Waals surface area contributed by atoms with Gasteiger partial charge in [-0.1, -0.05) is 147 Å². The summed E-state index contributed by atoms with van der Waals surface area (Å²) in [5.74, 6) is 0. The lowest BCUT2D eigenvalue weighted by molar-refractivity contribution is 0.654. The summed E-state index contributed by atoms with van der Waals surface area (Å²) in [5.41, 5.74) is 18.5. The zero-order valence-electron chi connectivity index (χ0n) is 34.3. The first kappa shape index (κ1) is 35.8. The Morgan fingerprint density at radius 3 is 1.87 bits per heavy atom. The summed E-state index contributed by atoms with van der Waals surface area (Å²) < 4.78 is 8.85. The van der Waals surface area contributed by atoms with Gasteiger partial charge in [-0.2, -0.15) is 0 Å². The molecule has 60 heavy (non-hydrogen) atoms. The van der Waals surface area contributed by atoms with E-state index in [2.05, 4.69) is 219 Å². The maximum absolute atomic E-state index is 6.47. The largest absolute Gasteiger partial charge is 0.455 e. The first-order valence-corrected chi connectivity index (χ1v) is 20.9. The van der Waals surface area contributed by atoms with Gasteiger partial charge in [-0.05, 0) is 113 Å². The molecular formula is C57H44N2O. The smallest absolute Gasteiger partial charge is 0.143 e. The molecule has 0 bridgehead atoms. The second-order valence-corrected chi connectivity index (χ2v) is 16.5. The molecule has 0 saturated carbocycles. The number of hydrogen-bond acceptors (Lipinski definition) is 2. The normalized spacial score (nSPS) is 13.7. The zero-order valence-corrected chi connectivity index (χ0v) is 34.3. The van der Waals surface area contributed by atoms with Crippen molar-refractivity contribution in [3.8, 4) is 27.9 Å². The van der Waals surface area contributed by atoms with E-state index in [0.29, 0.717) is 0 Å². The third-order valence-corrected chi connectivity index (χ3v) is 12.7. The van der Waals surface area contributed by atoms with E-state index < -0.39 is 0 Å². The molecule has 11 rings (SSSR count). The SMILES string of the molecule is C/C=C\C1=C(C)c2cccc(N(c3ccc(-c4cccc5c4oc4ccccc45)cc3)c3ccc(-c4cccc5c4c4ccccc4n5-c4ccccc4)cc3)c2C1(C)C. The van der Waals surface area contributed by atoms with Gasteiger partial charge < -0.3 is 13.9 Å². The van der Waals surface area contributed by atoms with E-state index in [1.165, 1.54) is 60.9 Å². The Balaban J connectivity index is 1.06. The predicted molar refractivity (Wildman–Crippen MR) is 254 cm³/mol. The zero-order chi connectivity index (χ0) is 40.5. The molecule has 1 aliphatic rings. The first-order valence-electron chi connectivity index (χ1n) is 20.9. The Morgan fingerprint density at radius 1 is 0.533 bits per heavy atom. The maximum Gasteiger partial charge on any atom is 0.143 e. The van der Waals surface area contributed by atoms with Crippen LogP contribution in [0.2, 0.25) is 0 Å². The average Bonchev–Trinajstić information content (AvgIpc) is 3.91. The third kappa shape index (κ3) is 5.43. The molecule has 0 N–H and O–H groups in total. The summed E-state index contributed by atoms with van der Waals surface area (Å²) in [4.78, 5) is 2.45. The average molecular weight is 773 g/mol. The van der Waals surface area contributed by atoms with Crippen molar-refractivity contribution in [1.82, 2.24) is 4.57 Å². The maximum atomic E-state index is 6.47. The van der Waals surface area contributed by atoms with Crippen LogP contribution in [-0.4, -0.2) is 4.57 Å². The van der Waals surface area contributed by atoms with Gasteiger partial charge in [0.15, 0.2) is 0 Å². The number of nitrogens with zero attached hydrogens (tertiary/aromatic N) is 2. The summed E-state index contributed by atoms with van der Waals surface area (Å²) in [6.07, 6.45) is 4.46. The number of aromatic nitrogens is 1. The molecule has 0 aliphatic heterocycles. The van der Waals surface area contributed by atoms with Crippen LogP contribution in [0, 0.1) is 0 Å². The molecule has 0 amide bonds. The van der Waals surface area contributed by atoms with E-state index in [-0.39, 0.29) is 5.41 Å². The van der Waals surface area contributed by atoms with Gasteiger partial charge in [0.05, 0.1) is 16.7 Å². The summed E-state index contributed by atoms with van der Waals surface area (Å²) in [5, 5.41) is 4.78. The molecule has 0 spiro atoms. The van der Waals surface area contributed by atoms with Crippen molar-refractivity contribution < 1.29 is 4.42 Å². The fourth-order valence-electron chi connectivity index (χ4n) is 10.0. The molecule has 3 heteroatoms. The summed E-state index contributed by atoms with van der Waals surface area (Å²) in [6.45, 7) is 9.12. The number of furan rings is 1. The lowest BCUT2D eigenvalue weighted by Gasteiger charge is -2.33. The fourth-order valence-corrected chi connectivity index (χ4v) is 10.0. The Hall–Kier alpha value is -7.36. The van der Waals surface area contributed by atoms with E-state index in [0.717, 1.165) is 50.1 Å². The van der Waals surface area contributed by atoms with Crippen LogP contribution in [0.5, 0.6) is 0 Å². The lowest BCUT2D eigenvalue weighted by Crippen LogP contribution is -2.21. The molecule has 0 saturated heterocycles. The number of anilines is 3. The van der Waals surface area contributed by atoms with Crippen LogP contribution in [0.1, 0.15) is 38.8 Å². The quantitative estimate of drug-likeness (QED) is 0.161. The molecule has 8 aromatic carbocycles. The molecule has 0 unspecified atom stereocenters. The lowest BCUT2D eigenvalue weighted by atomic mass is 9.79. The van der Waals surface area contributed by atoms with Crippen LogP contribution in [-0.2, 0) is 5.41 Å². The van der Waals surface area contributed by atoms with Crippen LogP contribution in [0.4, 0.5) is 17.1 Å². The van der Waals surface area contributed by atoms with E-state index in [1.807, 2.05) is 12.1 Å². The molecule has 1 aliphatic carbocycles. The van der Waals surface area contributed by atoms with E-state index in [4.69, 9.17) is 4.42 Å². The van der Waals surface area contributed by atoms with Crippen LogP contribution in [0.25, 0.3) is 77.3 Å². The third-order valence-electron chi connectivity index (χ3n) is 12.7. The predicted octanol–water partition coefficient (Wildman–Crippen LogP) is 16.1. The fraction of sp³-hybridized carbons (Fsp3) is 0.0877. The highest BCUT2D eigenvalue weighted by atomic mass is 16.3. The Labute approximate surface area is 350 Å². The Kier molecular flexibility index (Phi) is 8.28. The van der Waals surface area contributed by atoms with Crippen LogP contribution in [0.15, 0.2) is 204 Å². The molecule has 0 fully saturated rings. The summed E-state index contributed by atoms with van der Waals surface area (Å²) >= 11 is 0. The van der Waals surface area contributed by atoms with Gasteiger partial charge in [0.25, 0.3) is 0 Å². The van der Waals surface area contributed by atoms with E-state index in [1.54, 1.807) is 0 Å².